The van der Waals surface area contributed by atoms with E-state index >= 15 is 0 Å². The van der Waals surface area contributed by atoms with E-state index in [0.717, 1.165) is 5.92 Å². The van der Waals surface area contributed by atoms with Crippen LogP contribution >= 0.6 is 0 Å². The second-order valence-electron chi connectivity index (χ2n) is 5.02. The van der Waals surface area contributed by atoms with E-state index in [1.807, 2.05) is 0 Å². The van der Waals surface area contributed by atoms with Gasteiger partial charge in [0.2, 0.25) is 0 Å². The summed E-state index contributed by atoms with van der Waals surface area (Å²) in [5.41, 5.74) is 0. The van der Waals surface area contributed by atoms with E-state index in [4.69, 9.17) is 0 Å². The Hall–Kier alpha value is 0. The molecule has 0 heteroatoms. The summed E-state index contributed by atoms with van der Waals surface area (Å²) >= 11 is 0. The van der Waals surface area contributed by atoms with Gasteiger partial charge in [-0.05, 0) is 48.9 Å². The molecule has 0 aromatic heterocycles. The van der Waals surface area contributed by atoms with Crippen molar-refractivity contribution in [2.24, 2.45) is 29.6 Å². The third-order valence-electron chi connectivity index (χ3n) is 4.63. The molecule has 62 valence electrons. The second kappa shape index (κ2) is 2.02. The van der Waals surface area contributed by atoms with Crippen molar-refractivity contribution < 1.29 is 0 Å². The van der Waals surface area contributed by atoms with Crippen LogP contribution in [0, 0.1) is 29.6 Å². The minimum atomic E-state index is 1.16. The Kier molecular flexibility index (Phi) is 1.20. The van der Waals surface area contributed by atoms with Crippen molar-refractivity contribution in [2.45, 2.75) is 39.0 Å². The van der Waals surface area contributed by atoms with E-state index in [1.165, 1.54) is 36.5 Å². The van der Waals surface area contributed by atoms with Crippen molar-refractivity contribution in [1.29, 1.82) is 0 Å². The van der Waals surface area contributed by atoms with Crippen LogP contribution in [0.25, 0.3) is 0 Å². The van der Waals surface area contributed by atoms with Gasteiger partial charge < -0.3 is 0 Å². The highest BCUT2D eigenvalue weighted by molar-refractivity contribution is 5.09. The van der Waals surface area contributed by atoms with Crippen LogP contribution in [0.2, 0.25) is 0 Å². The molecule has 0 heterocycles. The van der Waals surface area contributed by atoms with Crippen LogP contribution in [-0.4, -0.2) is 0 Å². The average Bonchev–Trinajstić information content (AvgIpc) is 2.16. The van der Waals surface area contributed by atoms with E-state index in [2.05, 4.69) is 6.92 Å². The van der Waals surface area contributed by atoms with E-state index in [1.54, 1.807) is 19.3 Å². The van der Waals surface area contributed by atoms with Crippen LogP contribution in [0.5, 0.6) is 0 Å². The van der Waals surface area contributed by atoms with Crippen molar-refractivity contribution in [2.75, 3.05) is 0 Å². The fraction of sp³-hybridized carbons (Fsp3) is 1.00. The maximum absolute atomic E-state index is 2.34. The molecule has 3 saturated carbocycles. The van der Waals surface area contributed by atoms with E-state index in [-0.39, 0.29) is 0 Å². The highest BCUT2D eigenvalue weighted by Crippen LogP contribution is 2.68. The normalized spacial score (nSPS) is 58.1. The Morgan fingerprint density at radius 1 is 1.09 bits per heavy atom. The molecule has 3 aliphatic carbocycles. The van der Waals surface area contributed by atoms with Gasteiger partial charge in [-0.1, -0.05) is 19.8 Å². The maximum atomic E-state index is 2.34. The minimum absolute atomic E-state index is 1.16. The van der Waals surface area contributed by atoms with Crippen molar-refractivity contribution in [3.63, 3.8) is 0 Å². The molecule has 0 saturated heterocycles. The maximum Gasteiger partial charge on any atom is -0.0326 e. The SMILES string of the molecule is CCCC1CC2CC3CC1C23. The predicted octanol–water partition coefficient (Wildman–Crippen LogP) is 3.08. The smallest absolute Gasteiger partial charge is 0.0326 e. The predicted molar refractivity (Wildman–Crippen MR) is 46.2 cm³/mol. The van der Waals surface area contributed by atoms with E-state index < -0.39 is 0 Å². The first-order valence-corrected chi connectivity index (χ1v) is 5.40. The number of rotatable bonds is 2. The molecule has 3 aliphatic rings. The monoisotopic (exact) mass is 150 g/mol. The lowest BCUT2D eigenvalue weighted by Crippen LogP contribution is -2.47. The fourth-order valence-corrected chi connectivity index (χ4v) is 4.18. The van der Waals surface area contributed by atoms with Gasteiger partial charge in [0.15, 0.2) is 0 Å². The molecule has 3 rings (SSSR count). The van der Waals surface area contributed by atoms with Crippen molar-refractivity contribution >= 4 is 0 Å². The van der Waals surface area contributed by atoms with Crippen LogP contribution in [-0.2, 0) is 0 Å². The highest BCUT2D eigenvalue weighted by atomic mass is 14.6. The van der Waals surface area contributed by atoms with Gasteiger partial charge in [-0.3, -0.25) is 0 Å². The second-order valence-corrected chi connectivity index (χ2v) is 5.02. The molecule has 0 aliphatic heterocycles. The standard InChI is InChI=1S/C11H18/c1-2-3-7-4-8-5-9-6-10(7)11(8)9/h7-11H,2-6H2,1H3. The molecule has 0 radical (unpaired) electrons. The number of hydrogen-bond donors (Lipinski definition) is 0. The molecule has 5 atom stereocenters. The van der Waals surface area contributed by atoms with Crippen LogP contribution in [0.4, 0.5) is 0 Å². The summed E-state index contributed by atoms with van der Waals surface area (Å²) < 4.78 is 0. The Morgan fingerprint density at radius 2 is 1.91 bits per heavy atom. The quantitative estimate of drug-likeness (QED) is 0.567. The van der Waals surface area contributed by atoms with Crippen LogP contribution in [0.3, 0.4) is 0 Å². The summed E-state index contributed by atoms with van der Waals surface area (Å²) in [6.07, 6.45) is 7.79. The topological polar surface area (TPSA) is 0 Å². The van der Waals surface area contributed by atoms with Gasteiger partial charge in [-0.15, -0.1) is 0 Å². The Labute approximate surface area is 69.4 Å². The van der Waals surface area contributed by atoms with Gasteiger partial charge >= 0.3 is 0 Å². The first-order chi connectivity index (χ1) is 5.40. The number of hydrogen-bond acceptors (Lipinski definition) is 0. The van der Waals surface area contributed by atoms with Crippen molar-refractivity contribution in [3.8, 4) is 0 Å². The van der Waals surface area contributed by atoms with Crippen LogP contribution < -0.4 is 0 Å². The largest absolute Gasteiger partial charge is 0.0654 e. The zero-order valence-electron chi connectivity index (χ0n) is 7.42. The van der Waals surface area contributed by atoms with E-state index in [0.29, 0.717) is 0 Å². The molecule has 0 amide bonds. The highest BCUT2D eigenvalue weighted by Gasteiger charge is 2.60. The van der Waals surface area contributed by atoms with Gasteiger partial charge in [0.1, 0.15) is 0 Å². The van der Waals surface area contributed by atoms with Gasteiger partial charge in [0.25, 0.3) is 0 Å². The van der Waals surface area contributed by atoms with Gasteiger partial charge in [0.05, 0.1) is 0 Å². The lowest BCUT2D eigenvalue weighted by Gasteiger charge is -2.54. The van der Waals surface area contributed by atoms with Gasteiger partial charge in [0, 0.05) is 0 Å². The van der Waals surface area contributed by atoms with Crippen LogP contribution in [0.15, 0.2) is 0 Å². The molecule has 5 unspecified atom stereocenters. The average molecular weight is 150 g/mol. The first-order valence-electron chi connectivity index (χ1n) is 5.40. The molecular weight excluding hydrogens is 132 g/mol. The summed E-state index contributed by atoms with van der Waals surface area (Å²) in [6.45, 7) is 2.34. The zero-order chi connectivity index (χ0) is 7.42. The Balaban J connectivity index is 1.71. The lowest BCUT2D eigenvalue weighted by atomic mass is 9.51. The summed E-state index contributed by atoms with van der Waals surface area (Å²) in [6, 6.07) is 0. The third kappa shape index (κ3) is 0.666. The summed E-state index contributed by atoms with van der Waals surface area (Å²) in [5, 5.41) is 0. The lowest BCUT2D eigenvalue weighted by molar-refractivity contribution is -0.0489. The van der Waals surface area contributed by atoms with Crippen molar-refractivity contribution in [1.82, 2.24) is 0 Å². The Bertz CT molecular complexity index is 173. The minimum Gasteiger partial charge on any atom is -0.0654 e. The molecular formula is C11H18. The molecule has 0 N–H and O–H groups in total. The molecule has 0 spiro atoms. The fourth-order valence-electron chi connectivity index (χ4n) is 4.18. The summed E-state index contributed by atoms with van der Waals surface area (Å²) in [7, 11) is 0. The van der Waals surface area contributed by atoms with Crippen molar-refractivity contribution in [3.05, 3.63) is 0 Å². The van der Waals surface area contributed by atoms with Crippen LogP contribution in [0.1, 0.15) is 39.0 Å². The van der Waals surface area contributed by atoms with E-state index in [9.17, 15) is 0 Å². The Morgan fingerprint density at radius 3 is 2.55 bits per heavy atom. The van der Waals surface area contributed by atoms with Gasteiger partial charge in [-0.25, -0.2) is 0 Å². The van der Waals surface area contributed by atoms with Gasteiger partial charge in [-0.2, -0.15) is 0 Å². The molecule has 0 aromatic rings. The summed E-state index contributed by atoms with van der Waals surface area (Å²) in [5.74, 6) is 6.03. The molecule has 0 nitrogen and oxygen atoms in total. The first kappa shape index (κ1) is 6.51. The molecule has 0 aromatic carbocycles. The molecule has 0 bridgehead atoms. The zero-order valence-corrected chi connectivity index (χ0v) is 7.42. The third-order valence-corrected chi connectivity index (χ3v) is 4.63. The molecule has 11 heavy (non-hydrogen) atoms. The molecule has 3 fully saturated rings. The summed E-state index contributed by atoms with van der Waals surface area (Å²) in [4.78, 5) is 0.